The lowest BCUT2D eigenvalue weighted by atomic mass is 10.1. The molecule has 0 atom stereocenters. The van der Waals surface area contributed by atoms with E-state index in [2.05, 4.69) is 15.5 Å². The fraction of sp³-hybridized carbons (Fsp3) is 0.308. The van der Waals surface area contributed by atoms with E-state index in [4.69, 9.17) is 10.3 Å². The monoisotopic (exact) mass is 273 g/mol. The second-order valence-corrected chi connectivity index (χ2v) is 4.49. The van der Waals surface area contributed by atoms with E-state index in [9.17, 15) is 4.79 Å². The van der Waals surface area contributed by atoms with Gasteiger partial charge in [0, 0.05) is 24.3 Å². The Bertz CT molecular complexity index is 625. The van der Waals surface area contributed by atoms with Crippen LogP contribution in [0.2, 0.25) is 0 Å². The molecule has 7 nitrogen and oxygen atoms in total. The number of piperazine rings is 1. The summed E-state index contributed by atoms with van der Waals surface area (Å²) >= 11 is 0. The molecule has 0 bridgehead atoms. The molecule has 0 spiro atoms. The highest BCUT2D eigenvalue weighted by Gasteiger charge is 2.20. The third kappa shape index (κ3) is 2.40. The molecule has 0 radical (unpaired) electrons. The van der Waals surface area contributed by atoms with Crippen LogP contribution in [0.4, 0.5) is 5.69 Å². The van der Waals surface area contributed by atoms with Crippen LogP contribution in [-0.2, 0) is 11.3 Å². The van der Waals surface area contributed by atoms with Crippen molar-refractivity contribution in [2.75, 3.05) is 24.5 Å². The quantitative estimate of drug-likeness (QED) is 0.825. The number of rotatable bonds is 3. The van der Waals surface area contributed by atoms with Gasteiger partial charge in [0.15, 0.2) is 0 Å². The van der Waals surface area contributed by atoms with Gasteiger partial charge in [0.1, 0.15) is 0 Å². The molecule has 1 amide bonds. The number of carbonyl (C=O) groups is 1. The summed E-state index contributed by atoms with van der Waals surface area (Å²) in [6.45, 7) is 2.02. The largest absolute Gasteiger partial charge is 0.338 e. The van der Waals surface area contributed by atoms with Crippen LogP contribution in [0.3, 0.4) is 0 Å². The normalized spacial score (nSPS) is 15.7. The van der Waals surface area contributed by atoms with Gasteiger partial charge < -0.3 is 20.5 Å². The molecular weight excluding hydrogens is 258 g/mol. The Labute approximate surface area is 115 Å². The third-order valence-corrected chi connectivity index (χ3v) is 3.15. The summed E-state index contributed by atoms with van der Waals surface area (Å²) in [4.78, 5) is 17.8. The van der Waals surface area contributed by atoms with E-state index in [1.165, 1.54) is 0 Å². The van der Waals surface area contributed by atoms with E-state index in [1.54, 1.807) is 4.90 Å². The standard InChI is InChI=1S/C13H15N5O2/c14-7-11-16-13(17-20-11)9-2-1-3-10(6-9)18-5-4-15-8-12(18)19/h1-3,6,15H,4-5,7-8,14H2. The van der Waals surface area contributed by atoms with E-state index in [0.717, 1.165) is 17.8 Å². The van der Waals surface area contributed by atoms with Gasteiger partial charge >= 0.3 is 0 Å². The molecule has 0 aliphatic carbocycles. The minimum Gasteiger partial charge on any atom is -0.338 e. The molecule has 3 N–H and O–H groups in total. The van der Waals surface area contributed by atoms with Crippen molar-refractivity contribution in [1.29, 1.82) is 0 Å². The first-order chi connectivity index (χ1) is 9.78. The Morgan fingerprint density at radius 3 is 3.10 bits per heavy atom. The first kappa shape index (κ1) is 12.8. The number of amides is 1. The van der Waals surface area contributed by atoms with Gasteiger partial charge in [-0.2, -0.15) is 4.98 Å². The minimum absolute atomic E-state index is 0.0594. The van der Waals surface area contributed by atoms with Crippen molar-refractivity contribution < 1.29 is 9.32 Å². The van der Waals surface area contributed by atoms with E-state index >= 15 is 0 Å². The zero-order valence-electron chi connectivity index (χ0n) is 10.9. The maximum absolute atomic E-state index is 11.9. The minimum atomic E-state index is 0.0594. The number of nitrogens with zero attached hydrogens (tertiary/aromatic N) is 3. The van der Waals surface area contributed by atoms with Crippen molar-refractivity contribution in [1.82, 2.24) is 15.5 Å². The van der Waals surface area contributed by atoms with Crippen molar-refractivity contribution in [3.8, 4) is 11.4 Å². The van der Waals surface area contributed by atoms with Crippen LogP contribution in [0.25, 0.3) is 11.4 Å². The second kappa shape index (κ2) is 5.40. The van der Waals surface area contributed by atoms with Gasteiger partial charge in [-0.3, -0.25) is 4.79 Å². The smallest absolute Gasteiger partial charge is 0.240 e. The highest BCUT2D eigenvalue weighted by atomic mass is 16.5. The third-order valence-electron chi connectivity index (χ3n) is 3.15. The molecule has 104 valence electrons. The predicted octanol–water partition coefficient (Wildman–Crippen LogP) is 0.131. The van der Waals surface area contributed by atoms with Gasteiger partial charge in [-0.1, -0.05) is 17.3 Å². The maximum Gasteiger partial charge on any atom is 0.240 e. The summed E-state index contributed by atoms with van der Waals surface area (Å²) in [6.07, 6.45) is 0. The molecule has 1 aromatic carbocycles. The summed E-state index contributed by atoms with van der Waals surface area (Å²) in [5.74, 6) is 0.933. The predicted molar refractivity (Wildman–Crippen MR) is 72.8 cm³/mol. The van der Waals surface area contributed by atoms with Gasteiger partial charge in [0.25, 0.3) is 0 Å². The van der Waals surface area contributed by atoms with Gasteiger partial charge in [-0.25, -0.2) is 0 Å². The van der Waals surface area contributed by atoms with Gasteiger partial charge in [0.05, 0.1) is 13.1 Å². The molecule has 2 heterocycles. The Morgan fingerprint density at radius 2 is 2.35 bits per heavy atom. The van der Waals surface area contributed by atoms with Gasteiger partial charge in [-0.15, -0.1) is 0 Å². The highest BCUT2D eigenvalue weighted by Crippen LogP contribution is 2.23. The summed E-state index contributed by atoms with van der Waals surface area (Å²) in [5.41, 5.74) is 7.09. The van der Waals surface area contributed by atoms with Crippen molar-refractivity contribution in [2.45, 2.75) is 6.54 Å². The second-order valence-electron chi connectivity index (χ2n) is 4.49. The molecule has 1 saturated heterocycles. The van der Waals surface area contributed by atoms with E-state index in [1.807, 2.05) is 24.3 Å². The number of anilines is 1. The highest BCUT2D eigenvalue weighted by molar-refractivity contribution is 5.96. The summed E-state index contributed by atoms with van der Waals surface area (Å²) in [7, 11) is 0. The number of carbonyl (C=O) groups excluding carboxylic acids is 1. The fourth-order valence-corrected chi connectivity index (χ4v) is 2.15. The Balaban J connectivity index is 1.90. The van der Waals surface area contributed by atoms with E-state index in [-0.39, 0.29) is 12.5 Å². The fourth-order valence-electron chi connectivity index (χ4n) is 2.15. The molecule has 2 aromatic rings. The zero-order chi connectivity index (χ0) is 13.9. The lowest BCUT2D eigenvalue weighted by molar-refractivity contribution is -0.118. The number of nitrogens with two attached hydrogens (primary N) is 1. The number of hydrogen-bond donors (Lipinski definition) is 2. The molecule has 1 aromatic heterocycles. The van der Waals surface area contributed by atoms with Crippen LogP contribution in [0.1, 0.15) is 5.89 Å². The average molecular weight is 273 g/mol. The Hall–Kier alpha value is -2.25. The molecule has 7 heteroatoms. The summed E-state index contributed by atoms with van der Waals surface area (Å²) in [5, 5.41) is 6.93. The average Bonchev–Trinajstić information content (AvgIpc) is 2.97. The first-order valence-corrected chi connectivity index (χ1v) is 6.42. The lowest BCUT2D eigenvalue weighted by Gasteiger charge is -2.27. The molecule has 0 saturated carbocycles. The van der Waals surface area contributed by atoms with Crippen LogP contribution >= 0.6 is 0 Å². The summed E-state index contributed by atoms with van der Waals surface area (Å²) < 4.78 is 5.00. The van der Waals surface area contributed by atoms with E-state index < -0.39 is 0 Å². The lowest BCUT2D eigenvalue weighted by Crippen LogP contribution is -2.48. The number of hydrogen-bond acceptors (Lipinski definition) is 6. The van der Waals surface area contributed by atoms with Crippen LogP contribution in [0.5, 0.6) is 0 Å². The number of nitrogens with one attached hydrogen (secondary N) is 1. The molecular formula is C13H15N5O2. The Morgan fingerprint density at radius 1 is 1.45 bits per heavy atom. The molecule has 1 aliphatic rings. The SMILES string of the molecule is NCc1nc(-c2cccc(N3CCNCC3=O)c2)no1. The number of aromatic nitrogens is 2. The van der Waals surface area contributed by atoms with Crippen molar-refractivity contribution >= 4 is 11.6 Å². The van der Waals surface area contributed by atoms with Crippen LogP contribution in [0, 0.1) is 0 Å². The Kier molecular flexibility index (Phi) is 3.44. The first-order valence-electron chi connectivity index (χ1n) is 6.42. The molecule has 20 heavy (non-hydrogen) atoms. The van der Waals surface area contributed by atoms with Crippen LogP contribution in [-0.4, -0.2) is 35.7 Å². The molecule has 1 fully saturated rings. The van der Waals surface area contributed by atoms with Crippen molar-refractivity contribution in [2.24, 2.45) is 5.73 Å². The maximum atomic E-state index is 11.9. The van der Waals surface area contributed by atoms with Crippen LogP contribution < -0.4 is 16.0 Å². The molecule has 1 aliphatic heterocycles. The van der Waals surface area contributed by atoms with Crippen LogP contribution in [0.15, 0.2) is 28.8 Å². The van der Waals surface area contributed by atoms with Crippen molar-refractivity contribution in [3.05, 3.63) is 30.2 Å². The van der Waals surface area contributed by atoms with E-state index in [0.29, 0.717) is 24.8 Å². The molecule has 0 unspecified atom stereocenters. The topological polar surface area (TPSA) is 97.3 Å². The molecule has 3 rings (SSSR count). The van der Waals surface area contributed by atoms with Gasteiger partial charge in [-0.05, 0) is 12.1 Å². The van der Waals surface area contributed by atoms with Crippen molar-refractivity contribution in [3.63, 3.8) is 0 Å². The summed E-state index contributed by atoms with van der Waals surface area (Å²) in [6, 6.07) is 7.53. The van der Waals surface area contributed by atoms with Gasteiger partial charge in [0.2, 0.25) is 17.6 Å². The zero-order valence-corrected chi connectivity index (χ0v) is 10.9. The number of benzene rings is 1.